The molecule has 2 aromatic heterocycles. The molecule has 0 spiro atoms. The number of likely N-dealkylation sites (N-methyl/N-ethyl adjacent to an activating group) is 1. The predicted molar refractivity (Wildman–Crippen MR) is 78.6 cm³/mol. The quantitative estimate of drug-likeness (QED) is 0.848. The van der Waals surface area contributed by atoms with Gasteiger partial charge < -0.3 is 14.8 Å². The van der Waals surface area contributed by atoms with E-state index in [-0.39, 0.29) is 12.1 Å². The van der Waals surface area contributed by atoms with E-state index in [1.54, 1.807) is 0 Å². The van der Waals surface area contributed by atoms with E-state index in [4.69, 9.17) is 12.2 Å². The van der Waals surface area contributed by atoms with Crippen LogP contribution in [0.4, 0.5) is 0 Å². The molecular weight excluding hydrogens is 256 g/mol. The molecule has 0 unspecified atom stereocenters. The lowest BCUT2D eigenvalue weighted by molar-refractivity contribution is 0.368. The van der Waals surface area contributed by atoms with Gasteiger partial charge in [-0.2, -0.15) is 0 Å². The van der Waals surface area contributed by atoms with E-state index < -0.39 is 0 Å². The summed E-state index contributed by atoms with van der Waals surface area (Å²) in [5.41, 5.74) is 2.26. The molecular formula is C14H16N4S. The molecule has 3 rings (SSSR count). The number of hydrogen-bond acceptors (Lipinski definition) is 2. The molecule has 5 heteroatoms. The van der Waals surface area contributed by atoms with Crippen molar-refractivity contribution in [2.45, 2.75) is 12.1 Å². The largest absolute Gasteiger partial charge is 0.357 e. The normalized spacial score (nSPS) is 22.6. The van der Waals surface area contributed by atoms with Crippen molar-refractivity contribution in [2.24, 2.45) is 7.05 Å². The first-order valence-corrected chi connectivity index (χ1v) is 6.64. The van der Waals surface area contributed by atoms with E-state index in [2.05, 4.69) is 38.2 Å². The fraction of sp³-hybridized carbons (Fsp3) is 0.286. The van der Waals surface area contributed by atoms with Crippen molar-refractivity contribution in [3.63, 3.8) is 0 Å². The van der Waals surface area contributed by atoms with Gasteiger partial charge in [0.1, 0.15) is 0 Å². The molecule has 2 aromatic rings. The number of aryl methyl sites for hydroxylation is 1. The second-order valence-electron chi connectivity index (χ2n) is 4.85. The highest BCUT2D eigenvalue weighted by Gasteiger charge is 2.37. The summed E-state index contributed by atoms with van der Waals surface area (Å²) >= 11 is 5.38. The lowest BCUT2D eigenvalue weighted by atomic mass is 10.00. The minimum absolute atomic E-state index is 0.0982. The molecule has 0 radical (unpaired) electrons. The molecule has 1 N–H and O–H groups in total. The van der Waals surface area contributed by atoms with Gasteiger partial charge >= 0.3 is 0 Å². The molecule has 1 saturated heterocycles. The van der Waals surface area contributed by atoms with Crippen molar-refractivity contribution in [2.75, 3.05) is 7.05 Å². The molecule has 0 bridgehead atoms. The maximum atomic E-state index is 5.38. The summed E-state index contributed by atoms with van der Waals surface area (Å²) in [7, 11) is 4.05. The van der Waals surface area contributed by atoms with E-state index >= 15 is 0 Å². The van der Waals surface area contributed by atoms with Crippen LogP contribution in [0.2, 0.25) is 0 Å². The Morgan fingerprint density at radius 3 is 2.74 bits per heavy atom. The highest BCUT2D eigenvalue weighted by molar-refractivity contribution is 7.80. The minimum Gasteiger partial charge on any atom is -0.357 e. The van der Waals surface area contributed by atoms with Crippen LogP contribution in [0.1, 0.15) is 23.3 Å². The van der Waals surface area contributed by atoms with Crippen LogP contribution in [-0.4, -0.2) is 26.6 Å². The number of hydrogen-bond donors (Lipinski definition) is 1. The van der Waals surface area contributed by atoms with E-state index in [9.17, 15) is 0 Å². The number of thiocarbonyl (C=S) groups is 1. The molecule has 0 aromatic carbocycles. The van der Waals surface area contributed by atoms with E-state index in [1.807, 2.05) is 38.5 Å². The Balaban J connectivity index is 2.01. The van der Waals surface area contributed by atoms with Crippen molar-refractivity contribution < 1.29 is 0 Å². The average Bonchev–Trinajstić information content (AvgIpc) is 2.96. The zero-order chi connectivity index (χ0) is 13.4. The maximum Gasteiger partial charge on any atom is 0.169 e. The number of pyridine rings is 1. The first-order valence-electron chi connectivity index (χ1n) is 6.23. The Bertz CT molecular complexity index is 593. The second kappa shape index (κ2) is 4.66. The van der Waals surface area contributed by atoms with E-state index in [0.717, 1.165) is 10.8 Å². The zero-order valence-electron chi connectivity index (χ0n) is 10.9. The summed E-state index contributed by atoms with van der Waals surface area (Å²) in [6, 6.07) is 8.39. The predicted octanol–water partition coefficient (Wildman–Crippen LogP) is 2.02. The second-order valence-corrected chi connectivity index (χ2v) is 5.23. The van der Waals surface area contributed by atoms with Gasteiger partial charge in [-0.3, -0.25) is 4.98 Å². The van der Waals surface area contributed by atoms with Crippen molar-refractivity contribution in [3.05, 3.63) is 54.1 Å². The third-order valence-electron chi connectivity index (χ3n) is 3.54. The van der Waals surface area contributed by atoms with Gasteiger partial charge in [0, 0.05) is 32.7 Å². The van der Waals surface area contributed by atoms with Crippen LogP contribution >= 0.6 is 12.2 Å². The Morgan fingerprint density at radius 2 is 2.11 bits per heavy atom. The van der Waals surface area contributed by atoms with Gasteiger partial charge in [0.25, 0.3) is 0 Å². The van der Waals surface area contributed by atoms with Crippen LogP contribution in [0.15, 0.2) is 42.9 Å². The molecule has 0 saturated carbocycles. The Hall–Kier alpha value is -1.88. The van der Waals surface area contributed by atoms with Crippen LogP contribution in [0.3, 0.4) is 0 Å². The third-order valence-corrected chi connectivity index (χ3v) is 3.94. The lowest BCUT2D eigenvalue weighted by Crippen LogP contribution is -2.24. The topological polar surface area (TPSA) is 33.1 Å². The van der Waals surface area contributed by atoms with Gasteiger partial charge in [0.2, 0.25) is 0 Å². The van der Waals surface area contributed by atoms with Crippen molar-refractivity contribution >= 4 is 17.3 Å². The first kappa shape index (κ1) is 12.2. The number of aromatic nitrogens is 2. The van der Waals surface area contributed by atoms with Gasteiger partial charge in [-0.05, 0) is 36.0 Å². The molecule has 0 amide bonds. The summed E-state index contributed by atoms with van der Waals surface area (Å²) < 4.78 is 2.06. The fourth-order valence-electron chi connectivity index (χ4n) is 2.58. The van der Waals surface area contributed by atoms with Crippen LogP contribution in [0.25, 0.3) is 0 Å². The van der Waals surface area contributed by atoms with Gasteiger partial charge in [0.05, 0.1) is 17.8 Å². The van der Waals surface area contributed by atoms with Gasteiger partial charge in [0.15, 0.2) is 5.11 Å². The lowest BCUT2D eigenvalue weighted by Gasteiger charge is -2.23. The molecule has 3 heterocycles. The van der Waals surface area contributed by atoms with E-state index in [1.165, 1.54) is 5.56 Å². The highest BCUT2D eigenvalue weighted by atomic mass is 32.1. The van der Waals surface area contributed by atoms with Gasteiger partial charge in [-0.25, -0.2) is 0 Å². The fourth-order valence-corrected chi connectivity index (χ4v) is 2.82. The average molecular weight is 272 g/mol. The van der Waals surface area contributed by atoms with Crippen LogP contribution in [-0.2, 0) is 7.05 Å². The van der Waals surface area contributed by atoms with Crippen molar-refractivity contribution in [3.8, 4) is 0 Å². The SMILES string of the molecule is CN1C(=S)N[C@@H](c2ccccn2)[C@H]1c1ccn(C)c1. The summed E-state index contributed by atoms with van der Waals surface area (Å²) in [5, 5.41) is 4.13. The molecule has 0 aliphatic carbocycles. The summed E-state index contributed by atoms with van der Waals surface area (Å²) in [5.74, 6) is 0. The summed E-state index contributed by atoms with van der Waals surface area (Å²) in [6.07, 6.45) is 6.01. The molecule has 19 heavy (non-hydrogen) atoms. The highest BCUT2D eigenvalue weighted by Crippen LogP contribution is 2.37. The minimum atomic E-state index is 0.0982. The van der Waals surface area contributed by atoms with Crippen LogP contribution in [0, 0.1) is 0 Å². The molecule has 1 fully saturated rings. The van der Waals surface area contributed by atoms with Gasteiger partial charge in [-0.1, -0.05) is 6.07 Å². The third kappa shape index (κ3) is 2.10. The Labute approximate surface area is 118 Å². The number of rotatable bonds is 2. The molecule has 98 valence electrons. The van der Waals surface area contributed by atoms with Crippen molar-refractivity contribution in [1.29, 1.82) is 0 Å². The van der Waals surface area contributed by atoms with Crippen LogP contribution in [0.5, 0.6) is 0 Å². The molecule has 4 nitrogen and oxygen atoms in total. The standard InChI is InChI=1S/C14H16N4S/c1-17-8-6-10(9-17)13-12(16-14(19)18(13)2)11-5-3-4-7-15-11/h3-9,12-13H,1-2H3,(H,16,19)/t12-,13+/m0/s1. The smallest absolute Gasteiger partial charge is 0.169 e. The number of nitrogens with one attached hydrogen (secondary N) is 1. The van der Waals surface area contributed by atoms with Crippen LogP contribution < -0.4 is 5.32 Å². The maximum absolute atomic E-state index is 5.38. The number of nitrogens with zero attached hydrogens (tertiary/aromatic N) is 3. The van der Waals surface area contributed by atoms with E-state index in [0.29, 0.717) is 0 Å². The Kier molecular flexibility index (Phi) is 2.98. The summed E-state index contributed by atoms with van der Waals surface area (Å²) in [4.78, 5) is 6.56. The zero-order valence-corrected chi connectivity index (χ0v) is 11.8. The first-order chi connectivity index (χ1) is 9.16. The van der Waals surface area contributed by atoms with Crippen molar-refractivity contribution in [1.82, 2.24) is 19.8 Å². The summed E-state index contributed by atoms with van der Waals surface area (Å²) in [6.45, 7) is 0. The molecule has 1 aliphatic rings. The monoisotopic (exact) mass is 272 g/mol. The Morgan fingerprint density at radius 1 is 1.26 bits per heavy atom. The molecule has 2 atom stereocenters. The van der Waals surface area contributed by atoms with Gasteiger partial charge in [-0.15, -0.1) is 0 Å². The molecule has 1 aliphatic heterocycles.